The predicted octanol–water partition coefficient (Wildman–Crippen LogP) is 2.94. The molecule has 3 heteroatoms. The molecular weight excluding hydrogens is 248 g/mol. The average molecular weight is 270 g/mol. The van der Waals surface area contributed by atoms with Gasteiger partial charge in [0.05, 0.1) is 13.2 Å². The van der Waals surface area contributed by atoms with Gasteiger partial charge in [0.15, 0.2) is 0 Å². The molecule has 3 rings (SSSR count). The van der Waals surface area contributed by atoms with E-state index >= 15 is 0 Å². The van der Waals surface area contributed by atoms with Crippen molar-refractivity contribution in [2.45, 2.75) is 18.9 Å². The summed E-state index contributed by atoms with van der Waals surface area (Å²) in [5.41, 5.74) is 7.35. The molecule has 0 radical (unpaired) electrons. The molecule has 1 unspecified atom stereocenters. The van der Waals surface area contributed by atoms with Crippen LogP contribution in [0.2, 0.25) is 0 Å². The van der Waals surface area contributed by atoms with Crippen LogP contribution in [0.5, 0.6) is 5.75 Å². The van der Waals surface area contributed by atoms with Gasteiger partial charge in [-0.05, 0) is 42.8 Å². The number of rotatable bonds is 4. The number of methoxy groups -OCH3 is 1. The highest BCUT2D eigenvalue weighted by Gasteiger charge is 2.26. The second-order valence-electron chi connectivity index (χ2n) is 5.40. The zero-order valence-electron chi connectivity index (χ0n) is 12.0. The van der Waals surface area contributed by atoms with Gasteiger partial charge >= 0.3 is 0 Å². The first-order valence-corrected chi connectivity index (χ1v) is 7.35. The van der Waals surface area contributed by atoms with Gasteiger partial charge in [-0.1, -0.05) is 30.3 Å². The van der Waals surface area contributed by atoms with Crippen LogP contribution in [0.15, 0.2) is 36.4 Å². The Morgan fingerprint density at radius 3 is 2.60 bits per heavy atom. The lowest BCUT2D eigenvalue weighted by Crippen LogP contribution is -2.31. The molecule has 0 saturated carbocycles. The summed E-state index contributed by atoms with van der Waals surface area (Å²) >= 11 is 0. The van der Waals surface area contributed by atoms with Crippen molar-refractivity contribution in [1.29, 1.82) is 0 Å². The summed E-state index contributed by atoms with van der Waals surface area (Å²) < 4.78 is 5.61. The van der Waals surface area contributed by atoms with E-state index in [-0.39, 0.29) is 6.04 Å². The van der Waals surface area contributed by atoms with Gasteiger partial charge < -0.3 is 10.5 Å². The van der Waals surface area contributed by atoms with Crippen molar-refractivity contribution in [3.05, 3.63) is 42.0 Å². The van der Waals surface area contributed by atoms with Crippen LogP contribution in [0.4, 0.5) is 0 Å². The van der Waals surface area contributed by atoms with Gasteiger partial charge in [0.1, 0.15) is 5.75 Å². The van der Waals surface area contributed by atoms with E-state index in [0.29, 0.717) is 6.54 Å². The Morgan fingerprint density at radius 2 is 1.90 bits per heavy atom. The molecule has 1 fully saturated rings. The Bertz CT molecular complexity index is 591. The number of likely N-dealkylation sites (tertiary alicyclic amines) is 1. The van der Waals surface area contributed by atoms with Crippen molar-refractivity contribution in [1.82, 2.24) is 4.90 Å². The van der Waals surface area contributed by atoms with Gasteiger partial charge in [-0.15, -0.1) is 0 Å². The van der Waals surface area contributed by atoms with E-state index in [4.69, 9.17) is 10.5 Å². The van der Waals surface area contributed by atoms with Crippen LogP contribution in [0.1, 0.15) is 24.4 Å². The molecule has 2 aromatic rings. The van der Waals surface area contributed by atoms with Gasteiger partial charge in [0.25, 0.3) is 0 Å². The molecule has 1 aliphatic rings. The molecule has 1 heterocycles. The summed E-state index contributed by atoms with van der Waals surface area (Å²) in [5, 5.41) is 2.51. The van der Waals surface area contributed by atoms with E-state index < -0.39 is 0 Å². The van der Waals surface area contributed by atoms with E-state index in [0.717, 1.165) is 18.8 Å². The maximum Gasteiger partial charge on any atom is 0.124 e. The highest BCUT2D eigenvalue weighted by molar-refractivity contribution is 5.88. The molecule has 0 bridgehead atoms. The largest absolute Gasteiger partial charge is 0.496 e. The average Bonchev–Trinajstić information content (AvgIpc) is 3.02. The quantitative estimate of drug-likeness (QED) is 0.928. The van der Waals surface area contributed by atoms with Crippen molar-refractivity contribution >= 4 is 10.8 Å². The number of benzene rings is 2. The Morgan fingerprint density at radius 1 is 1.15 bits per heavy atom. The molecule has 3 nitrogen and oxygen atoms in total. The molecule has 1 saturated heterocycles. The first-order valence-electron chi connectivity index (χ1n) is 7.35. The Kier molecular flexibility index (Phi) is 3.90. The Hall–Kier alpha value is -1.58. The van der Waals surface area contributed by atoms with Crippen LogP contribution in [0.25, 0.3) is 10.8 Å². The number of nitrogens with two attached hydrogens (primary N) is 1. The van der Waals surface area contributed by atoms with Crippen molar-refractivity contribution < 1.29 is 4.74 Å². The number of ether oxygens (including phenoxy) is 1. The molecule has 106 valence electrons. The number of nitrogens with zero attached hydrogens (tertiary/aromatic N) is 1. The van der Waals surface area contributed by atoms with Crippen LogP contribution in [0, 0.1) is 0 Å². The minimum absolute atomic E-state index is 0.249. The number of fused-ring (bicyclic) bond motifs is 1. The van der Waals surface area contributed by atoms with Crippen LogP contribution < -0.4 is 10.5 Å². The maximum atomic E-state index is 6.10. The van der Waals surface area contributed by atoms with Crippen molar-refractivity contribution in [3.63, 3.8) is 0 Å². The second kappa shape index (κ2) is 5.81. The fourth-order valence-electron chi connectivity index (χ4n) is 3.30. The first-order chi connectivity index (χ1) is 9.85. The molecule has 0 aliphatic carbocycles. The van der Waals surface area contributed by atoms with E-state index in [2.05, 4.69) is 41.3 Å². The number of hydrogen-bond donors (Lipinski definition) is 1. The van der Waals surface area contributed by atoms with Crippen molar-refractivity contribution in [2.75, 3.05) is 26.7 Å². The Labute approximate surface area is 120 Å². The summed E-state index contributed by atoms with van der Waals surface area (Å²) in [5.74, 6) is 0.950. The lowest BCUT2D eigenvalue weighted by Gasteiger charge is -2.29. The predicted molar refractivity (Wildman–Crippen MR) is 83.1 cm³/mol. The summed E-state index contributed by atoms with van der Waals surface area (Å²) in [6, 6.07) is 12.9. The van der Waals surface area contributed by atoms with Crippen molar-refractivity contribution in [2.24, 2.45) is 5.73 Å². The normalized spacial score (nSPS) is 17.5. The minimum Gasteiger partial charge on any atom is -0.496 e. The summed E-state index contributed by atoms with van der Waals surface area (Å²) in [6.07, 6.45) is 2.53. The molecule has 1 atom stereocenters. The monoisotopic (exact) mass is 270 g/mol. The third kappa shape index (κ3) is 2.28. The van der Waals surface area contributed by atoms with E-state index in [1.165, 1.54) is 29.2 Å². The topological polar surface area (TPSA) is 38.5 Å². The SMILES string of the molecule is COc1ccc2ccccc2c1C(CN)N1CCCC1. The second-order valence-corrected chi connectivity index (χ2v) is 5.40. The molecular formula is C17H22N2O. The summed E-state index contributed by atoms with van der Waals surface area (Å²) in [4.78, 5) is 2.49. The third-order valence-electron chi connectivity index (χ3n) is 4.29. The van der Waals surface area contributed by atoms with Crippen LogP contribution >= 0.6 is 0 Å². The van der Waals surface area contributed by atoms with Gasteiger partial charge in [-0.2, -0.15) is 0 Å². The fourth-order valence-corrected chi connectivity index (χ4v) is 3.30. The molecule has 1 aliphatic heterocycles. The molecule has 20 heavy (non-hydrogen) atoms. The van der Waals surface area contributed by atoms with Crippen LogP contribution in [-0.2, 0) is 0 Å². The summed E-state index contributed by atoms with van der Waals surface area (Å²) in [7, 11) is 1.74. The molecule has 2 N–H and O–H groups in total. The molecule has 0 spiro atoms. The van der Waals surface area contributed by atoms with E-state index in [9.17, 15) is 0 Å². The van der Waals surface area contributed by atoms with Crippen molar-refractivity contribution in [3.8, 4) is 5.75 Å². The van der Waals surface area contributed by atoms with E-state index in [1.54, 1.807) is 7.11 Å². The molecule has 2 aromatic carbocycles. The van der Waals surface area contributed by atoms with E-state index in [1.807, 2.05) is 0 Å². The van der Waals surface area contributed by atoms with Gasteiger partial charge in [-0.25, -0.2) is 0 Å². The first kappa shape index (κ1) is 13.4. The number of hydrogen-bond acceptors (Lipinski definition) is 3. The highest BCUT2D eigenvalue weighted by atomic mass is 16.5. The molecule has 0 aromatic heterocycles. The lowest BCUT2D eigenvalue weighted by atomic mass is 9.96. The summed E-state index contributed by atoms with van der Waals surface area (Å²) in [6.45, 7) is 2.90. The van der Waals surface area contributed by atoms with Gasteiger partial charge in [0, 0.05) is 12.1 Å². The fraction of sp³-hybridized carbons (Fsp3) is 0.412. The minimum atomic E-state index is 0.249. The smallest absolute Gasteiger partial charge is 0.124 e. The lowest BCUT2D eigenvalue weighted by molar-refractivity contribution is 0.247. The maximum absolute atomic E-state index is 6.10. The standard InChI is InChI=1S/C17H22N2O/c1-20-16-9-8-13-6-2-3-7-14(13)17(16)15(12-18)19-10-4-5-11-19/h2-3,6-9,15H,4-5,10-12,18H2,1H3. The van der Waals surface area contributed by atoms with Crippen LogP contribution in [0.3, 0.4) is 0 Å². The Balaban J connectivity index is 2.15. The zero-order valence-corrected chi connectivity index (χ0v) is 12.0. The molecule has 0 amide bonds. The third-order valence-corrected chi connectivity index (χ3v) is 4.29. The van der Waals surface area contributed by atoms with Crippen LogP contribution in [-0.4, -0.2) is 31.6 Å². The van der Waals surface area contributed by atoms with Gasteiger partial charge in [0.2, 0.25) is 0 Å². The zero-order chi connectivity index (χ0) is 13.9. The van der Waals surface area contributed by atoms with Gasteiger partial charge in [-0.3, -0.25) is 4.90 Å². The highest BCUT2D eigenvalue weighted by Crippen LogP contribution is 2.36.